The predicted octanol–water partition coefficient (Wildman–Crippen LogP) is 0.675. The lowest BCUT2D eigenvalue weighted by Gasteiger charge is -2.24. The highest BCUT2D eigenvalue weighted by atomic mass is 16.5. The number of methoxy groups -OCH3 is 1. The van der Waals surface area contributed by atoms with Gasteiger partial charge in [0.2, 0.25) is 5.91 Å². The van der Waals surface area contributed by atoms with Crippen LogP contribution in [0.4, 0.5) is 0 Å². The Kier molecular flexibility index (Phi) is 5.59. The number of nitrogens with one attached hydrogen (secondary N) is 1. The second kappa shape index (κ2) is 6.73. The molecular weight excluding hydrogens is 232 g/mol. The van der Waals surface area contributed by atoms with Crippen molar-refractivity contribution in [2.24, 2.45) is 23.5 Å². The van der Waals surface area contributed by atoms with Crippen molar-refractivity contribution >= 4 is 11.9 Å². The Labute approximate surface area is 108 Å². The Morgan fingerprint density at radius 2 is 2.06 bits per heavy atom. The number of hydrogen-bond donors (Lipinski definition) is 2. The van der Waals surface area contributed by atoms with Gasteiger partial charge in [0.1, 0.15) is 6.04 Å². The zero-order valence-corrected chi connectivity index (χ0v) is 11.4. The highest BCUT2D eigenvalue weighted by molar-refractivity contribution is 5.86. The van der Waals surface area contributed by atoms with Gasteiger partial charge in [0.25, 0.3) is 0 Å². The van der Waals surface area contributed by atoms with Crippen molar-refractivity contribution in [3.63, 3.8) is 0 Å². The van der Waals surface area contributed by atoms with E-state index in [4.69, 9.17) is 10.5 Å². The van der Waals surface area contributed by atoms with Crippen molar-refractivity contribution in [2.75, 3.05) is 13.7 Å². The van der Waals surface area contributed by atoms with Crippen LogP contribution in [-0.4, -0.2) is 31.6 Å². The van der Waals surface area contributed by atoms with E-state index < -0.39 is 6.04 Å². The maximum Gasteiger partial charge on any atom is 0.328 e. The van der Waals surface area contributed by atoms with Gasteiger partial charge in [0.05, 0.1) is 7.11 Å². The molecule has 104 valence electrons. The second-order valence-electron chi connectivity index (χ2n) is 5.29. The van der Waals surface area contributed by atoms with Gasteiger partial charge in [0, 0.05) is 5.92 Å². The highest BCUT2D eigenvalue weighted by Crippen LogP contribution is 2.31. The van der Waals surface area contributed by atoms with Gasteiger partial charge < -0.3 is 15.8 Å². The molecule has 1 amide bonds. The molecule has 3 N–H and O–H groups in total. The van der Waals surface area contributed by atoms with Crippen LogP contribution < -0.4 is 11.1 Å². The first-order valence-corrected chi connectivity index (χ1v) is 6.59. The molecule has 0 saturated heterocycles. The first-order chi connectivity index (χ1) is 8.51. The summed E-state index contributed by atoms with van der Waals surface area (Å²) in [5.41, 5.74) is 5.67. The van der Waals surface area contributed by atoms with Crippen LogP contribution in [0.1, 0.15) is 33.1 Å². The number of hydrogen-bond acceptors (Lipinski definition) is 4. The summed E-state index contributed by atoms with van der Waals surface area (Å²) in [6.07, 6.45) is 2.89. The average molecular weight is 256 g/mol. The molecule has 1 saturated carbocycles. The van der Waals surface area contributed by atoms with Crippen LogP contribution >= 0.6 is 0 Å². The van der Waals surface area contributed by atoms with Gasteiger partial charge in [-0.05, 0) is 31.2 Å². The summed E-state index contributed by atoms with van der Waals surface area (Å²) in [7, 11) is 1.34. The van der Waals surface area contributed by atoms with Crippen LogP contribution in [0, 0.1) is 17.8 Å². The number of esters is 1. The van der Waals surface area contributed by atoms with Gasteiger partial charge in [-0.2, -0.15) is 0 Å². The molecule has 0 spiro atoms. The SMILES string of the molecule is COC(=O)C(NC(=O)[C@@H]1CCC[C@@H]1CN)C(C)C. The summed E-state index contributed by atoms with van der Waals surface area (Å²) in [5.74, 6) is -0.247. The van der Waals surface area contributed by atoms with Crippen LogP contribution in [0.3, 0.4) is 0 Å². The van der Waals surface area contributed by atoms with Gasteiger partial charge in [-0.15, -0.1) is 0 Å². The fourth-order valence-electron chi connectivity index (χ4n) is 2.55. The minimum absolute atomic E-state index is 0.0131. The molecule has 0 radical (unpaired) electrons. The smallest absolute Gasteiger partial charge is 0.328 e. The lowest BCUT2D eigenvalue weighted by atomic mass is 9.94. The Bertz CT molecular complexity index is 305. The molecule has 0 aliphatic heterocycles. The number of rotatable bonds is 5. The molecule has 3 atom stereocenters. The zero-order valence-electron chi connectivity index (χ0n) is 11.4. The van der Waals surface area contributed by atoms with E-state index in [0.717, 1.165) is 19.3 Å². The first kappa shape index (κ1) is 15.0. The minimum Gasteiger partial charge on any atom is -0.467 e. The second-order valence-corrected chi connectivity index (χ2v) is 5.29. The molecular formula is C13H24N2O3. The molecule has 1 aliphatic carbocycles. The Morgan fingerprint density at radius 3 is 2.56 bits per heavy atom. The monoisotopic (exact) mass is 256 g/mol. The van der Waals surface area contributed by atoms with E-state index in [-0.39, 0.29) is 29.6 Å². The van der Waals surface area contributed by atoms with E-state index in [1.807, 2.05) is 13.8 Å². The minimum atomic E-state index is -0.568. The zero-order chi connectivity index (χ0) is 13.7. The van der Waals surface area contributed by atoms with E-state index in [9.17, 15) is 9.59 Å². The molecule has 1 aliphatic rings. The van der Waals surface area contributed by atoms with Crippen LogP contribution in [0.15, 0.2) is 0 Å². The van der Waals surface area contributed by atoms with Crippen LogP contribution in [0.2, 0.25) is 0 Å². The van der Waals surface area contributed by atoms with Crippen LogP contribution in [0.25, 0.3) is 0 Å². The summed E-state index contributed by atoms with van der Waals surface area (Å²) in [6, 6.07) is -0.568. The van der Waals surface area contributed by atoms with Crippen molar-refractivity contribution < 1.29 is 14.3 Å². The standard InChI is InChI=1S/C13H24N2O3/c1-8(2)11(13(17)18-3)15-12(16)10-6-4-5-9(10)7-14/h8-11H,4-7,14H2,1-3H3,(H,15,16)/t9-,10-,11?/m1/s1. The Hall–Kier alpha value is -1.10. The molecule has 1 unspecified atom stereocenters. The molecule has 5 nitrogen and oxygen atoms in total. The van der Waals surface area contributed by atoms with Gasteiger partial charge in [-0.1, -0.05) is 20.3 Å². The number of ether oxygens (including phenoxy) is 1. The number of carbonyl (C=O) groups is 2. The predicted molar refractivity (Wildman–Crippen MR) is 68.7 cm³/mol. The molecule has 5 heteroatoms. The summed E-state index contributed by atoms with van der Waals surface area (Å²) in [4.78, 5) is 23.8. The van der Waals surface area contributed by atoms with Crippen molar-refractivity contribution in [1.29, 1.82) is 0 Å². The van der Waals surface area contributed by atoms with E-state index in [1.165, 1.54) is 7.11 Å². The van der Waals surface area contributed by atoms with E-state index in [0.29, 0.717) is 6.54 Å². The quantitative estimate of drug-likeness (QED) is 0.709. The Balaban J connectivity index is 2.63. The molecule has 0 aromatic carbocycles. The van der Waals surface area contributed by atoms with E-state index >= 15 is 0 Å². The van der Waals surface area contributed by atoms with Crippen LogP contribution in [0.5, 0.6) is 0 Å². The third-order valence-electron chi connectivity index (χ3n) is 3.72. The molecule has 0 aromatic heterocycles. The number of carbonyl (C=O) groups excluding carboxylic acids is 2. The van der Waals surface area contributed by atoms with Crippen molar-refractivity contribution in [3.8, 4) is 0 Å². The Morgan fingerprint density at radius 1 is 1.39 bits per heavy atom. The molecule has 1 rings (SSSR count). The van der Waals surface area contributed by atoms with Gasteiger partial charge in [-0.3, -0.25) is 4.79 Å². The third kappa shape index (κ3) is 3.45. The molecule has 0 bridgehead atoms. The van der Waals surface area contributed by atoms with Gasteiger partial charge in [0.15, 0.2) is 0 Å². The summed E-state index contributed by atoms with van der Waals surface area (Å²) in [6.45, 7) is 4.30. The van der Waals surface area contributed by atoms with E-state index in [1.54, 1.807) is 0 Å². The normalized spacial score (nSPS) is 24.9. The van der Waals surface area contributed by atoms with Gasteiger partial charge in [-0.25, -0.2) is 4.79 Å². The first-order valence-electron chi connectivity index (χ1n) is 6.59. The lowest BCUT2D eigenvalue weighted by molar-refractivity contribution is -0.147. The maximum absolute atomic E-state index is 12.2. The number of amides is 1. The lowest BCUT2D eigenvalue weighted by Crippen LogP contribution is -2.48. The summed E-state index contributed by atoms with van der Waals surface area (Å²) < 4.78 is 4.71. The van der Waals surface area contributed by atoms with Crippen LogP contribution in [-0.2, 0) is 14.3 Å². The topological polar surface area (TPSA) is 81.4 Å². The average Bonchev–Trinajstić information content (AvgIpc) is 2.82. The highest BCUT2D eigenvalue weighted by Gasteiger charge is 2.34. The maximum atomic E-state index is 12.2. The summed E-state index contributed by atoms with van der Waals surface area (Å²) >= 11 is 0. The van der Waals surface area contributed by atoms with Crippen molar-refractivity contribution in [1.82, 2.24) is 5.32 Å². The van der Waals surface area contributed by atoms with Gasteiger partial charge >= 0.3 is 5.97 Å². The number of nitrogens with two attached hydrogens (primary N) is 1. The van der Waals surface area contributed by atoms with Crippen molar-refractivity contribution in [3.05, 3.63) is 0 Å². The fourth-order valence-corrected chi connectivity index (χ4v) is 2.55. The molecule has 0 heterocycles. The van der Waals surface area contributed by atoms with Crippen molar-refractivity contribution in [2.45, 2.75) is 39.2 Å². The third-order valence-corrected chi connectivity index (χ3v) is 3.72. The molecule has 0 aromatic rings. The molecule has 18 heavy (non-hydrogen) atoms. The largest absolute Gasteiger partial charge is 0.467 e. The summed E-state index contributed by atoms with van der Waals surface area (Å²) in [5, 5.41) is 2.80. The fraction of sp³-hybridized carbons (Fsp3) is 0.846. The molecule has 1 fully saturated rings. The van der Waals surface area contributed by atoms with E-state index in [2.05, 4.69) is 5.32 Å².